The number of benzene rings is 1. The summed E-state index contributed by atoms with van der Waals surface area (Å²) in [5.41, 5.74) is 2.11. The molecule has 1 fully saturated rings. The van der Waals surface area contributed by atoms with Gasteiger partial charge in [-0.2, -0.15) is 5.10 Å². The van der Waals surface area contributed by atoms with Crippen molar-refractivity contribution < 1.29 is 5.11 Å². The maximum absolute atomic E-state index is 9.47. The van der Waals surface area contributed by atoms with E-state index in [4.69, 9.17) is 10.1 Å². The van der Waals surface area contributed by atoms with E-state index in [0.29, 0.717) is 6.54 Å². The van der Waals surface area contributed by atoms with Gasteiger partial charge in [-0.1, -0.05) is 31.0 Å². The summed E-state index contributed by atoms with van der Waals surface area (Å²) < 4.78 is 1.89. The molecule has 0 amide bonds. The van der Waals surface area contributed by atoms with Crippen molar-refractivity contribution in [1.82, 2.24) is 24.6 Å². The van der Waals surface area contributed by atoms with E-state index in [-0.39, 0.29) is 12.6 Å². The van der Waals surface area contributed by atoms with Crippen molar-refractivity contribution in [3.8, 4) is 11.4 Å². The third-order valence-electron chi connectivity index (χ3n) is 5.16. The molecule has 0 aliphatic carbocycles. The summed E-state index contributed by atoms with van der Waals surface area (Å²) in [5.74, 6) is 1.71. The number of nitrogens with one attached hydrogen (secondary N) is 1. The Hall–Kier alpha value is -2.18. The number of para-hydroxylation sites is 1. The van der Waals surface area contributed by atoms with Gasteiger partial charge in [0.1, 0.15) is 5.82 Å². The van der Waals surface area contributed by atoms with Gasteiger partial charge in [0.25, 0.3) is 0 Å². The van der Waals surface area contributed by atoms with Gasteiger partial charge >= 0.3 is 0 Å². The predicted octanol–water partition coefficient (Wildman–Crippen LogP) is 2.97. The van der Waals surface area contributed by atoms with E-state index >= 15 is 0 Å². The Morgan fingerprint density at radius 3 is 3.00 bits per heavy atom. The van der Waals surface area contributed by atoms with Gasteiger partial charge in [0.15, 0.2) is 5.82 Å². The summed E-state index contributed by atoms with van der Waals surface area (Å²) in [7, 11) is 2.17. The summed E-state index contributed by atoms with van der Waals surface area (Å²) in [6, 6.07) is 8.46. The molecule has 2 aromatic heterocycles. The third kappa shape index (κ3) is 3.07. The quantitative estimate of drug-likeness (QED) is 0.767. The summed E-state index contributed by atoms with van der Waals surface area (Å²) in [5, 5.41) is 15.3. The second kappa shape index (κ2) is 6.98. The van der Waals surface area contributed by atoms with E-state index in [0.717, 1.165) is 41.1 Å². The predicted molar refractivity (Wildman–Crippen MR) is 98.2 cm³/mol. The summed E-state index contributed by atoms with van der Waals surface area (Å²) in [6.07, 6.45) is 6.78. The van der Waals surface area contributed by atoms with Crippen LogP contribution in [0.5, 0.6) is 0 Å². The lowest BCUT2D eigenvalue weighted by Gasteiger charge is -2.24. The molecule has 6 nitrogen and oxygen atoms in total. The number of hydrogen-bond donors (Lipinski definition) is 2. The average Bonchev–Trinajstić information content (AvgIpc) is 3.16. The number of rotatable bonds is 4. The Morgan fingerprint density at radius 2 is 2.12 bits per heavy atom. The Labute approximate surface area is 147 Å². The van der Waals surface area contributed by atoms with E-state index in [1.54, 1.807) is 0 Å². The van der Waals surface area contributed by atoms with Crippen molar-refractivity contribution in [2.75, 3.05) is 20.2 Å². The minimum absolute atomic E-state index is 0.0696. The van der Waals surface area contributed by atoms with Gasteiger partial charge in [0.2, 0.25) is 0 Å². The molecule has 0 unspecified atom stereocenters. The lowest BCUT2D eigenvalue weighted by atomic mass is 10.1. The van der Waals surface area contributed by atoms with E-state index in [2.05, 4.69) is 29.1 Å². The first-order chi connectivity index (χ1) is 12.3. The second-order valence-electron chi connectivity index (χ2n) is 6.83. The number of likely N-dealkylation sites (tertiary alicyclic amines) is 1. The van der Waals surface area contributed by atoms with Crippen LogP contribution in [0.3, 0.4) is 0 Å². The van der Waals surface area contributed by atoms with Gasteiger partial charge in [-0.15, -0.1) is 0 Å². The van der Waals surface area contributed by atoms with Crippen LogP contribution in [0.15, 0.2) is 30.5 Å². The van der Waals surface area contributed by atoms with E-state index in [1.807, 2.05) is 23.0 Å². The van der Waals surface area contributed by atoms with Crippen LogP contribution >= 0.6 is 0 Å². The van der Waals surface area contributed by atoms with Crippen LogP contribution in [0.4, 0.5) is 0 Å². The molecular weight excluding hydrogens is 314 g/mol. The molecule has 0 saturated carbocycles. The fourth-order valence-electron chi connectivity index (χ4n) is 3.81. The molecule has 132 valence electrons. The van der Waals surface area contributed by atoms with Gasteiger partial charge < -0.3 is 10.1 Å². The summed E-state index contributed by atoms with van der Waals surface area (Å²) in [4.78, 5) is 10.6. The van der Waals surface area contributed by atoms with Crippen LogP contribution in [0.2, 0.25) is 0 Å². The molecule has 6 heteroatoms. The number of aromatic nitrogens is 4. The van der Waals surface area contributed by atoms with Gasteiger partial charge in [-0.3, -0.25) is 4.90 Å². The molecular formula is C19H25N5O. The van der Waals surface area contributed by atoms with Crippen molar-refractivity contribution in [2.45, 2.75) is 38.3 Å². The van der Waals surface area contributed by atoms with Crippen LogP contribution in [0, 0.1) is 0 Å². The molecule has 4 rings (SSSR count). The molecule has 3 heterocycles. The van der Waals surface area contributed by atoms with Gasteiger partial charge in [-0.25, -0.2) is 9.67 Å². The zero-order valence-corrected chi connectivity index (χ0v) is 14.6. The molecule has 1 aliphatic rings. The van der Waals surface area contributed by atoms with Crippen LogP contribution in [-0.4, -0.2) is 50.0 Å². The van der Waals surface area contributed by atoms with E-state index in [9.17, 15) is 5.11 Å². The summed E-state index contributed by atoms with van der Waals surface area (Å²) >= 11 is 0. The minimum atomic E-state index is 0.0696. The van der Waals surface area contributed by atoms with Crippen molar-refractivity contribution in [3.05, 3.63) is 36.3 Å². The molecule has 1 aromatic carbocycles. The topological polar surface area (TPSA) is 70.0 Å². The molecule has 1 aliphatic heterocycles. The first kappa shape index (κ1) is 16.3. The monoisotopic (exact) mass is 339 g/mol. The van der Waals surface area contributed by atoms with Crippen molar-refractivity contribution in [3.63, 3.8) is 0 Å². The Kier molecular flexibility index (Phi) is 4.55. The maximum atomic E-state index is 9.47. The molecule has 3 aromatic rings. The van der Waals surface area contributed by atoms with E-state index in [1.165, 1.54) is 19.3 Å². The third-order valence-corrected chi connectivity index (χ3v) is 5.16. The highest BCUT2D eigenvalue weighted by Crippen LogP contribution is 2.31. The SMILES string of the molecule is CN1CCCCC[C@H]1c1nc(-c2c[nH]c3ccccc23)nn1CCO. The van der Waals surface area contributed by atoms with Crippen molar-refractivity contribution in [1.29, 1.82) is 0 Å². The zero-order valence-electron chi connectivity index (χ0n) is 14.6. The molecule has 0 spiro atoms. The first-order valence-electron chi connectivity index (χ1n) is 9.10. The number of nitrogens with zero attached hydrogens (tertiary/aromatic N) is 4. The highest BCUT2D eigenvalue weighted by molar-refractivity contribution is 5.93. The smallest absolute Gasteiger partial charge is 0.183 e. The largest absolute Gasteiger partial charge is 0.394 e. The highest BCUT2D eigenvalue weighted by atomic mass is 16.3. The van der Waals surface area contributed by atoms with Crippen molar-refractivity contribution >= 4 is 10.9 Å². The van der Waals surface area contributed by atoms with Gasteiger partial charge in [0, 0.05) is 22.7 Å². The number of hydrogen-bond acceptors (Lipinski definition) is 4. The highest BCUT2D eigenvalue weighted by Gasteiger charge is 2.26. The maximum Gasteiger partial charge on any atom is 0.183 e. The average molecular weight is 339 g/mol. The molecule has 0 bridgehead atoms. The Bertz CT molecular complexity index is 852. The van der Waals surface area contributed by atoms with Crippen LogP contribution in [-0.2, 0) is 6.54 Å². The fourth-order valence-corrected chi connectivity index (χ4v) is 3.81. The molecule has 25 heavy (non-hydrogen) atoms. The summed E-state index contributed by atoms with van der Waals surface area (Å²) in [6.45, 7) is 1.63. The van der Waals surface area contributed by atoms with Crippen LogP contribution in [0.1, 0.15) is 37.5 Å². The van der Waals surface area contributed by atoms with Crippen LogP contribution < -0.4 is 0 Å². The lowest BCUT2D eigenvalue weighted by molar-refractivity contribution is 0.221. The molecule has 2 N–H and O–H groups in total. The second-order valence-corrected chi connectivity index (χ2v) is 6.83. The minimum Gasteiger partial charge on any atom is -0.394 e. The molecule has 1 saturated heterocycles. The molecule has 1 atom stereocenters. The Balaban J connectivity index is 1.77. The standard InChI is InChI=1S/C19H25N5O/c1-23-10-6-2-3-9-17(23)19-21-18(22-24(19)11-12-25)15-13-20-16-8-5-4-7-14(15)16/h4-5,7-8,13,17,20,25H,2-3,6,9-12H2,1H3/t17-/m0/s1. The normalized spacial score (nSPS) is 19.4. The van der Waals surface area contributed by atoms with Crippen molar-refractivity contribution in [2.24, 2.45) is 0 Å². The Morgan fingerprint density at radius 1 is 1.24 bits per heavy atom. The number of fused-ring (bicyclic) bond motifs is 1. The fraction of sp³-hybridized carbons (Fsp3) is 0.474. The molecule has 0 radical (unpaired) electrons. The zero-order chi connectivity index (χ0) is 17.2. The number of aliphatic hydroxyl groups is 1. The van der Waals surface area contributed by atoms with Gasteiger partial charge in [-0.05, 0) is 32.5 Å². The number of aliphatic hydroxyl groups excluding tert-OH is 1. The number of H-pyrrole nitrogens is 1. The van der Waals surface area contributed by atoms with E-state index < -0.39 is 0 Å². The first-order valence-corrected chi connectivity index (χ1v) is 9.10. The van der Waals surface area contributed by atoms with Gasteiger partial charge in [0.05, 0.1) is 19.2 Å². The lowest BCUT2D eigenvalue weighted by Crippen LogP contribution is -2.27. The van der Waals surface area contributed by atoms with Crippen LogP contribution in [0.25, 0.3) is 22.3 Å². The number of aromatic amines is 1.